The monoisotopic (exact) mass is 222 g/mol. The van der Waals surface area contributed by atoms with Crippen LogP contribution in [0.3, 0.4) is 0 Å². The smallest absolute Gasteiger partial charge is 0.0168 e. The molecule has 0 saturated heterocycles. The molecule has 1 fully saturated rings. The molecular weight excluding hydrogens is 196 g/mol. The Morgan fingerprint density at radius 3 is 2.88 bits per heavy atom. The maximum atomic E-state index is 3.57. The second kappa shape index (κ2) is 5.83. The first-order valence-corrected chi connectivity index (χ1v) is 6.91. The minimum Gasteiger partial charge on any atom is -0.316 e. The molecule has 0 bridgehead atoms. The minimum absolute atomic E-state index is 0.869. The van der Waals surface area contributed by atoms with Crippen molar-refractivity contribution in [2.75, 3.05) is 26.2 Å². The summed E-state index contributed by atoms with van der Waals surface area (Å²) in [5.41, 5.74) is 1.58. The molecule has 0 spiro atoms. The fourth-order valence-electron chi connectivity index (χ4n) is 2.82. The van der Waals surface area contributed by atoms with Gasteiger partial charge in [-0.05, 0) is 51.6 Å². The van der Waals surface area contributed by atoms with E-state index < -0.39 is 0 Å². The number of hydrogen-bond acceptors (Lipinski definition) is 2. The van der Waals surface area contributed by atoms with Crippen LogP contribution in [-0.4, -0.2) is 37.1 Å². The predicted octanol–water partition coefficient (Wildman–Crippen LogP) is 2.42. The molecule has 0 aromatic heterocycles. The minimum atomic E-state index is 0.869. The van der Waals surface area contributed by atoms with E-state index in [1.54, 1.807) is 5.57 Å². The fourth-order valence-corrected chi connectivity index (χ4v) is 2.82. The molecule has 92 valence electrons. The molecule has 1 heterocycles. The summed E-state index contributed by atoms with van der Waals surface area (Å²) in [6, 6.07) is 0.869. The second-order valence-electron chi connectivity index (χ2n) is 5.40. The maximum Gasteiger partial charge on any atom is 0.0168 e. The van der Waals surface area contributed by atoms with Gasteiger partial charge in [0.25, 0.3) is 0 Å². The van der Waals surface area contributed by atoms with Gasteiger partial charge in [-0.3, -0.25) is 4.90 Å². The van der Waals surface area contributed by atoms with Crippen LogP contribution in [-0.2, 0) is 0 Å². The van der Waals surface area contributed by atoms with Crippen molar-refractivity contribution in [3.63, 3.8) is 0 Å². The standard InChI is InChI=1S/C14H26N2/c1-3-8-15-11-13-4-5-14(13)16-9-6-12(2)7-10-16/h6,13-15H,3-5,7-11H2,1-2H3. The summed E-state index contributed by atoms with van der Waals surface area (Å²) in [5, 5.41) is 3.57. The third-order valence-electron chi connectivity index (χ3n) is 4.15. The van der Waals surface area contributed by atoms with Gasteiger partial charge in [-0.2, -0.15) is 0 Å². The van der Waals surface area contributed by atoms with Crippen molar-refractivity contribution >= 4 is 0 Å². The van der Waals surface area contributed by atoms with Gasteiger partial charge in [-0.15, -0.1) is 0 Å². The van der Waals surface area contributed by atoms with Gasteiger partial charge in [0.1, 0.15) is 0 Å². The maximum absolute atomic E-state index is 3.57. The lowest BCUT2D eigenvalue weighted by atomic mass is 9.78. The SMILES string of the molecule is CCCNCC1CCC1N1CC=C(C)CC1. The molecular formula is C14H26N2. The summed E-state index contributed by atoms with van der Waals surface area (Å²) >= 11 is 0. The van der Waals surface area contributed by atoms with Crippen LogP contribution in [0.2, 0.25) is 0 Å². The Labute approximate surface area is 100 Å². The zero-order valence-electron chi connectivity index (χ0n) is 10.8. The Morgan fingerprint density at radius 1 is 1.44 bits per heavy atom. The van der Waals surface area contributed by atoms with Crippen molar-refractivity contribution in [3.8, 4) is 0 Å². The lowest BCUT2D eigenvalue weighted by Gasteiger charge is -2.45. The zero-order valence-corrected chi connectivity index (χ0v) is 10.8. The normalized spacial score (nSPS) is 31.0. The highest BCUT2D eigenvalue weighted by molar-refractivity contribution is 5.06. The first-order valence-electron chi connectivity index (χ1n) is 6.91. The van der Waals surface area contributed by atoms with Crippen LogP contribution < -0.4 is 5.32 Å². The van der Waals surface area contributed by atoms with Crippen molar-refractivity contribution in [2.45, 2.75) is 45.6 Å². The fraction of sp³-hybridized carbons (Fsp3) is 0.857. The Kier molecular flexibility index (Phi) is 4.42. The van der Waals surface area contributed by atoms with E-state index in [1.165, 1.54) is 51.9 Å². The van der Waals surface area contributed by atoms with Crippen molar-refractivity contribution in [2.24, 2.45) is 5.92 Å². The predicted molar refractivity (Wildman–Crippen MR) is 69.6 cm³/mol. The first kappa shape index (κ1) is 12.1. The summed E-state index contributed by atoms with van der Waals surface area (Å²) in [5.74, 6) is 0.915. The molecule has 0 radical (unpaired) electrons. The van der Waals surface area contributed by atoms with Gasteiger partial charge in [0, 0.05) is 19.1 Å². The largest absolute Gasteiger partial charge is 0.316 e. The summed E-state index contributed by atoms with van der Waals surface area (Å²) in [6.45, 7) is 9.40. The van der Waals surface area contributed by atoms with Crippen LogP contribution in [0.4, 0.5) is 0 Å². The second-order valence-corrected chi connectivity index (χ2v) is 5.40. The van der Waals surface area contributed by atoms with Crippen LogP contribution >= 0.6 is 0 Å². The summed E-state index contributed by atoms with van der Waals surface area (Å²) in [6.07, 6.45) is 7.80. The highest BCUT2D eigenvalue weighted by atomic mass is 15.2. The Balaban J connectivity index is 1.73. The van der Waals surface area contributed by atoms with Gasteiger partial charge in [-0.25, -0.2) is 0 Å². The first-order chi connectivity index (χ1) is 7.81. The molecule has 2 aliphatic rings. The number of rotatable bonds is 5. The van der Waals surface area contributed by atoms with E-state index in [1.807, 2.05) is 0 Å². The molecule has 2 nitrogen and oxygen atoms in total. The Bertz CT molecular complexity index is 247. The molecule has 16 heavy (non-hydrogen) atoms. The number of nitrogens with zero attached hydrogens (tertiary/aromatic N) is 1. The van der Waals surface area contributed by atoms with Gasteiger partial charge in [0.2, 0.25) is 0 Å². The average Bonchev–Trinajstić information content (AvgIpc) is 2.26. The lowest BCUT2D eigenvalue weighted by molar-refractivity contribution is 0.0687. The summed E-state index contributed by atoms with van der Waals surface area (Å²) in [4.78, 5) is 2.69. The van der Waals surface area contributed by atoms with Crippen molar-refractivity contribution < 1.29 is 0 Å². The van der Waals surface area contributed by atoms with E-state index in [0.717, 1.165) is 12.0 Å². The highest BCUT2D eigenvalue weighted by Crippen LogP contribution is 2.33. The lowest BCUT2D eigenvalue weighted by Crippen LogP contribution is -2.51. The van der Waals surface area contributed by atoms with Gasteiger partial charge in [-0.1, -0.05) is 18.6 Å². The van der Waals surface area contributed by atoms with E-state index in [-0.39, 0.29) is 0 Å². The molecule has 2 unspecified atom stereocenters. The van der Waals surface area contributed by atoms with Gasteiger partial charge < -0.3 is 5.32 Å². The van der Waals surface area contributed by atoms with Crippen molar-refractivity contribution in [1.29, 1.82) is 0 Å². The van der Waals surface area contributed by atoms with E-state index in [2.05, 4.69) is 30.1 Å². The molecule has 2 heteroatoms. The summed E-state index contributed by atoms with van der Waals surface area (Å²) in [7, 11) is 0. The average molecular weight is 222 g/mol. The number of hydrogen-bond donors (Lipinski definition) is 1. The molecule has 0 aromatic rings. The van der Waals surface area contributed by atoms with E-state index in [9.17, 15) is 0 Å². The van der Waals surface area contributed by atoms with Gasteiger partial charge in [0.05, 0.1) is 0 Å². The number of nitrogens with one attached hydrogen (secondary N) is 1. The molecule has 2 atom stereocenters. The van der Waals surface area contributed by atoms with Crippen molar-refractivity contribution in [3.05, 3.63) is 11.6 Å². The Morgan fingerprint density at radius 2 is 2.31 bits per heavy atom. The van der Waals surface area contributed by atoms with Crippen LogP contribution in [0.5, 0.6) is 0 Å². The van der Waals surface area contributed by atoms with Crippen LogP contribution in [0, 0.1) is 5.92 Å². The van der Waals surface area contributed by atoms with E-state index in [4.69, 9.17) is 0 Å². The third kappa shape index (κ3) is 2.86. The molecule has 0 aromatic carbocycles. The van der Waals surface area contributed by atoms with Crippen LogP contribution in [0.1, 0.15) is 39.5 Å². The van der Waals surface area contributed by atoms with Crippen molar-refractivity contribution in [1.82, 2.24) is 10.2 Å². The quantitative estimate of drug-likeness (QED) is 0.568. The summed E-state index contributed by atoms with van der Waals surface area (Å²) < 4.78 is 0. The van der Waals surface area contributed by atoms with E-state index >= 15 is 0 Å². The highest BCUT2D eigenvalue weighted by Gasteiger charge is 2.34. The topological polar surface area (TPSA) is 15.3 Å². The molecule has 1 saturated carbocycles. The molecule has 0 amide bonds. The van der Waals surface area contributed by atoms with Crippen LogP contribution in [0.15, 0.2) is 11.6 Å². The molecule has 1 aliphatic heterocycles. The van der Waals surface area contributed by atoms with Gasteiger partial charge >= 0.3 is 0 Å². The zero-order chi connectivity index (χ0) is 11.4. The molecule has 1 N–H and O–H groups in total. The Hall–Kier alpha value is -0.340. The van der Waals surface area contributed by atoms with Gasteiger partial charge in [0.15, 0.2) is 0 Å². The van der Waals surface area contributed by atoms with E-state index in [0.29, 0.717) is 0 Å². The van der Waals surface area contributed by atoms with Crippen LogP contribution in [0.25, 0.3) is 0 Å². The molecule has 1 aliphatic carbocycles. The third-order valence-corrected chi connectivity index (χ3v) is 4.15. The molecule has 2 rings (SSSR count).